The number of nitro benzene ring substituents is 2. The smallest absolute Gasteiger partial charge is 0.304 e. The van der Waals surface area contributed by atoms with Gasteiger partial charge < -0.3 is 5.11 Å². The highest BCUT2D eigenvalue weighted by molar-refractivity contribution is 7.99. The fourth-order valence-electron chi connectivity index (χ4n) is 1.49. The first-order valence-corrected chi connectivity index (χ1v) is 6.61. The maximum absolute atomic E-state index is 10.9. The summed E-state index contributed by atoms with van der Waals surface area (Å²) in [4.78, 5) is 30.6. The summed E-state index contributed by atoms with van der Waals surface area (Å²) in [6.07, 6.45) is -0.0502. The van der Waals surface area contributed by atoms with Crippen molar-refractivity contribution in [3.8, 4) is 0 Å². The van der Waals surface area contributed by atoms with Gasteiger partial charge in [-0.25, -0.2) is 0 Å². The van der Waals surface area contributed by atoms with Gasteiger partial charge in [-0.3, -0.25) is 25.0 Å². The van der Waals surface area contributed by atoms with Crippen molar-refractivity contribution in [3.05, 3.63) is 44.0 Å². The van der Waals surface area contributed by atoms with Gasteiger partial charge in [0.15, 0.2) is 0 Å². The molecule has 108 valence electrons. The van der Waals surface area contributed by atoms with Gasteiger partial charge in [0.05, 0.1) is 22.3 Å². The summed E-state index contributed by atoms with van der Waals surface area (Å²) in [5, 5.41) is 29.9. The zero-order chi connectivity index (χ0) is 15.3. The van der Waals surface area contributed by atoms with Crippen LogP contribution >= 0.6 is 11.8 Å². The molecule has 0 radical (unpaired) electrons. The monoisotopic (exact) mass is 300 g/mol. The summed E-state index contributed by atoms with van der Waals surface area (Å²) in [5.74, 6) is -0.717. The second-order valence-electron chi connectivity index (χ2n) is 4.05. The number of benzene rings is 1. The Morgan fingerprint density at radius 1 is 1.35 bits per heavy atom. The van der Waals surface area contributed by atoms with Crippen LogP contribution in [-0.2, 0) is 10.5 Å². The van der Waals surface area contributed by atoms with E-state index >= 15 is 0 Å². The van der Waals surface area contributed by atoms with E-state index in [0.717, 1.165) is 6.07 Å². The largest absolute Gasteiger partial charge is 0.481 e. The van der Waals surface area contributed by atoms with Crippen LogP contribution in [0, 0.1) is 20.2 Å². The van der Waals surface area contributed by atoms with Gasteiger partial charge in [-0.15, -0.1) is 0 Å². The molecule has 0 aliphatic carbocycles. The maximum Gasteiger partial charge on any atom is 0.304 e. The standard InChI is InChI=1S/C11H12N2O6S/c1-7(4-11(14)15)20-6-8-2-3-9(12(16)17)5-10(8)13(18)19/h2-3,5,7H,4,6H2,1H3,(H,14,15). The third-order valence-electron chi connectivity index (χ3n) is 2.46. The number of carboxylic acids is 1. The minimum atomic E-state index is -0.941. The number of carbonyl (C=O) groups is 1. The minimum absolute atomic E-state index is 0.0502. The molecule has 1 rings (SSSR count). The molecule has 0 heterocycles. The summed E-state index contributed by atoms with van der Waals surface area (Å²) in [6, 6.07) is 3.44. The molecule has 0 amide bonds. The predicted octanol–water partition coefficient (Wildman–Crippen LogP) is 2.60. The lowest BCUT2D eigenvalue weighted by atomic mass is 10.2. The number of nitrogens with zero attached hydrogens (tertiary/aromatic N) is 2. The number of carboxylic acid groups (broad SMARTS) is 1. The highest BCUT2D eigenvalue weighted by atomic mass is 32.2. The van der Waals surface area contributed by atoms with E-state index in [2.05, 4.69) is 0 Å². The maximum atomic E-state index is 10.9. The van der Waals surface area contributed by atoms with Gasteiger partial charge in [-0.2, -0.15) is 11.8 Å². The molecular formula is C11H12N2O6S. The molecule has 0 bridgehead atoms. The second-order valence-corrected chi connectivity index (χ2v) is 5.47. The third kappa shape index (κ3) is 4.50. The first-order valence-electron chi connectivity index (χ1n) is 5.56. The van der Waals surface area contributed by atoms with Crippen molar-refractivity contribution in [2.75, 3.05) is 0 Å². The van der Waals surface area contributed by atoms with E-state index in [4.69, 9.17) is 5.11 Å². The number of hydrogen-bond donors (Lipinski definition) is 1. The van der Waals surface area contributed by atoms with Crippen LogP contribution in [0.15, 0.2) is 18.2 Å². The van der Waals surface area contributed by atoms with Crippen LogP contribution in [0.4, 0.5) is 11.4 Å². The molecule has 0 aromatic heterocycles. The summed E-state index contributed by atoms with van der Waals surface area (Å²) in [7, 11) is 0. The fraction of sp³-hybridized carbons (Fsp3) is 0.364. The lowest BCUT2D eigenvalue weighted by molar-refractivity contribution is -0.394. The predicted molar refractivity (Wildman–Crippen MR) is 72.8 cm³/mol. The van der Waals surface area contributed by atoms with Crippen LogP contribution in [0.5, 0.6) is 0 Å². The van der Waals surface area contributed by atoms with Crippen molar-refractivity contribution in [1.29, 1.82) is 0 Å². The third-order valence-corrected chi connectivity index (χ3v) is 3.68. The Bertz CT molecular complexity index is 548. The molecule has 0 saturated carbocycles. The Balaban J connectivity index is 2.87. The summed E-state index contributed by atoms with van der Waals surface area (Å²) >= 11 is 1.25. The fourth-order valence-corrected chi connectivity index (χ4v) is 2.46. The number of hydrogen-bond acceptors (Lipinski definition) is 6. The van der Waals surface area contributed by atoms with Gasteiger partial charge in [0, 0.05) is 22.6 Å². The average Bonchev–Trinajstić information content (AvgIpc) is 2.35. The van der Waals surface area contributed by atoms with Crippen molar-refractivity contribution in [3.63, 3.8) is 0 Å². The minimum Gasteiger partial charge on any atom is -0.481 e. The first kappa shape index (κ1) is 15.9. The highest BCUT2D eigenvalue weighted by Gasteiger charge is 2.20. The normalized spacial score (nSPS) is 11.8. The SMILES string of the molecule is CC(CC(=O)O)SCc1ccc([N+](=O)[O-])cc1[N+](=O)[O-]. The average molecular weight is 300 g/mol. The number of non-ortho nitro benzene ring substituents is 1. The van der Waals surface area contributed by atoms with Gasteiger partial charge in [0.25, 0.3) is 11.4 Å². The Morgan fingerprint density at radius 3 is 2.50 bits per heavy atom. The van der Waals surface area contributed by atoms with Crippen molar-refractivity contribution >= 4 is 29.1 Å². The van der Waals surface area contributed by atoms with Crippen LogP contribution in [0.2, 0.25) is 0 Å². The quantitative estimate of drug-likeness (QED) is 0.606. The van der Waals surface area contributed by atoms with Crippen molar-refractivity contribution < 1.29 is 19.7 Å². The van der Waals surface area contributed by atoms with Gasteiger partial charge in [0.1, 0.15) is 0 Å². The topological polar surface area (TPSA) is 124 Å². The van der Waals surface area contributed by atoms with Crippen LogP contribution < -0.4 is 0 Å². The molecule has 9 heteroatoms. The van der Waals surface area contributed by atoms with Gasteiger partial charge in [-0.05, 0) is 6.07 Å². The zero-order valence-electron chi connectivity index (χ0n) is 10.5. The second kappa shape index (κ2) is 6.85. The van der Waals surface area contributed by atoms with Gasteiger partial charge in [-0.1, -0.05) is 6.92 Å². The van der Waals surface area contributed by atoms with Gasteiger partial charge >= 0.3 is 5.97 Å². The molecule has 1 unspecified atom stereocenters. The Kier molecular flexibility index (Phi) is 5.44. The molecule has 0 spiro atoms. The summed E-state index contributed by atoms with van der Waals surface area (Å²) in [5.41, 5.74) is -0.332. The Hall–Kier alpha value is -2.16. The molecule has 0 fully saturated rings. The summed E-state index contributed by atoms with van der Waals surface area (Å²) < 4.78 is 0. The number of nitro groups is 2. The molecule has 8 nitrogen and oxygen atoms in total. The van der Waals surface area contributed by atoms with E-state index in [-0.39, 0.29) is 28.8 Å². The zero-order valence-corrected chi connectivity index (χ0v) is 11.3. The number of rotatable bonds is 7. The van der Waals surface area contributed by atoms with E-state index in [1.807, 2.05) is 0 Å². The number of thioether (sulfide) groups is 1. The lowest BCUT2D eigenvalue weighted by Crippen LogP contribution is -2.06. The van der Waals surface area contributed by atoms with Crippen molar-refractivity contribution in [2.45, 2.75) is 24.3 Å². The molecular weight excluding hydrogens is 288 g/mol. The van der Waals surface area contributed by atoms with Crippen LogP contribution in [0.1, 0.15) is 18.9 Å². The van der Waals surface area contributed by atoms with E-state index in [1.54, 1.807) is 6.92 Å². The molecule has 1 atom stereocenters. The lowest BCUT2D eigenvalue weighted by Gasteiger charge is -2.08. The molecule has 1 aromatic rings. The van der Waals surface area contributed by atoms with E-state index in [1.165, 1.54) is 23.9 Å². The molecule has 1 aromatic carbocycles. The highest BCUT2D eigenvalue weighted by Crippen LogP contribution is 2.29. The van der Waals surface area contributed by atoms with E-state index in [0.29, 0.717) is 5.56 Å². The van der Waals surface area contributed by atoms with Crippen molar-refractivity contribution in [2.24, 2.45) is 0 Å². The summed E-state index contributed by atoms with van der Waals surface area (Å²) in [6.45, 7) is 1.70. The number of aliphatic carboxylic acids is 1. The molecule has 1 N–H and O–H groups in total. The van der Waals surface area contributed by atoms with Crippen LogP contribution in [0.25, 0.3) is 0 Å². The molecule has 0 aliphatic heterocycles. The molecule has 20 heavy (non-hydrogen) atoms. The van der Waals surface area contributed by atoms with Crippen molar-refractivity contribution in [1.82, 2.24) is 0 Å². The molecule has 0 aliphatic rings. The Morgan fingerprint density at radius 2 is 2.00 bits per heavy atom. The van der Waals surface area contributed by atoms with Crippen LogP contribution in [0.3, 0.4) is 0 Å². The Labute approximate surface area is 118 Å². The van der Waals surface area contributed by atoms with E-state index in [9.17, 15) is 25.0 Å². The van der Waals surface area contributed by atoms with Gasteiger partial charge in [0.2, 0.25) is 0 Å². The first-order chi connectivity index (χ1) is 9.31. The van der Waals surface area contributed by atoms with E-state index < -0.39 is 15.8 Å². The van der Waals surface area contributed by atoms with Crippen LogP contribution in [-0.4, -0.2) is 26.2 Å². The molecule has 0 saturated heterocycles.